The number of rotatable bonds is 6. The van der Waals surface area contributed by atoms with Crippen molar-refractivity contribution in [2.75, 3.05) is 20.3 Å². The van der Waals surface area contributed by atoms with Crippen molar-refractivity contribution in [3.63, 3.8) is 0 Å². The van der Waals surface area contributed by atoms with E-state index < -0.39 is 7.60 Å². The lowest BCUT2D eigenvalue weighted by Crippen LogP contribution is -1.98. The number of halogens is 1. The van der Waals surface area contributed by atoms with Gasteiger partial charge in [-0.2, -0.15) is 0 Å². The van der Waals surface area contributed by atoms with Gasteiger partial charge in [-0.15, -0.1) is 0 Å². The van der Waals surface area contributed by atoms with E-state index in [-0.39, 0.29) is 0 Å². The summed E-state index contributed by atoms with van der Waals surface area (Å²) in [6.45, 7) is 5.94. The fourth-order valence-corrected chi connectivity index (χ4v) is 3.16. The molecule has 0 atom stereocenters. The number of hydrogen-bond acceptors (Lipinski definition) is 4. The average Bonchev–Trinajstić information content (AvgIpc) is 2.16. The molecule has 0 fully saturated rings. The SMILES string of the molecule is CCOP(=O)(OCC)C(C)=C(I)OC. The van der Waals surface area contributed by atoms with E-state index in [0.717, 1.165) is 0 Å². The van der Waals surface area contributed by atoms with E-state index in [4.69, 9.17) is 13.8 Å². The largest absolute Gasteiger partial charge is 0.490 e. The normalized spacial score (nSPS) is 13.8. The molecule has 0 aromatic rings. The third kappa shape index (κ3) is 3.88. The molecule has 0 N–H and O–H groups in total. The molecule has 0 aliphatic heterocycles. The molecule has 0 unspecified atom stereocenters. The standard InChI is InChI=1S/C8H16IO4P/c1-5-12-14(10,13-6-2)7(3)8(9)11-4/h5-6H2,1-4H3. The van der Waals surface area contributed by atoms with E-state index in [9.17, 15) is 4.57 Å². The van der Waals surface area contributed by atoms with Crippen molar-refractivity contribution in [3.05, 3.63) is 9.08 Å². The summed E-state index contributed by atoms with van der Waals surface area (Å²) in [5, 5.41) is 0.518. The molecule has 0 bridgehead atoms. The number of allylic oxidation sites excluding steroid dienone is 1. The molecule has 0 heterocycles. The molecule has 0 aliphatic carbocycles. The first-order chi connectivity index (χ1) is 6.51. The van der Waals surface area contributed by atoms with Crippen molar-refractivity contribution in [2.24, 2.45) is 0 Å². The summed E-state index contributed by atoms with van der Waals surface area (Å²) in [6, 6.07) is 0. The summed E-state index contributed by atoms with van der Waals surface area (Å²) in [7, 11) is -1.61. The predicted molar refractivity (Wildman–Crippen MR) is 64.6 cm³/mol. The molecular weight excluding hydrogens is 318 g/mol. The summed E-state index contributed by atoms with van der Waals surface area (Å²) >= 11 is 1.96. The Balaban J connectivity index is 4.91. The van der Waals surface area contributed by atoms with Gasteiger partial charge in [0.2, 0.25) is 0 Å². The molecule has 0 rings (SSSR count). The second-order valence-electron chi connectivity index (χ2n) is 2.40. The van der Waals surface area contributed by atoms with Crippen LogP contribution in [0, 0.1) is 0 Å². The van der Waals surface area contributed by atoms with Crippen molar-refractivity contribution in [3.8, 4) is 0 Å². The Hall–Kier alpha value is 0.420. The van der Waals surface area contributed by atoms with E-state index >= 15 is 0 Å². The van der Waals surface area contributed by atoms with Crippen LogP contribution in [0.25, 0.3) is 0 Å². The monoisotopic (exact) mass is 334 g/mol. The van der Waals surface area contributed by atoms with Crippen molar-refractivity contribution < 1.29 is 18.3 Å². The smallest absolute Gasteiger partial charge is 0.361 e. The van der Waals surface area contributed by atoms with Gasteiger partial charge in [-0.1, -0.05) is 0 Å². The second kappa shape index (κ2) is 6.82. The van der Waals surface area contributed by atoms with E-state index in [2.05, 4.69) is 0 Å². The number of ether oxygens (including phenoxy) is 1. The van der Waals surface area contributed by atoms with Crippen molar-refractivity contribution in [1.82, 2.24) is 0 Å². The highest BCUT2D eigenvalue weighted by molar-refractivity contribution is 14.1. The van der Waals surface area contributed by atoms with Crippen LogP contribution in [0.15, 0.2) is 9.08 Å². The fourth-order valence-electron chi connectivity index (χ4n) is 0.826. The Labute approximate surface area is 98.7 Å². The molecule has 0 aromatic carbocycles. The van der Waals surface area contributed by atoms with Crippen LogP contribution in [-0.2, 0) is 18.3 Å². The van der Waals surface area contributed by atoms with E-state index in [1.165, 1.54) is 7.11 Å². The van der Waals surface area contributed by atoms with Crippen LogP contribution >= 0.6 is 30.2 Å². The zero-order valence-electron chi connectivity index (χ0n) is 8.87. The maximum atomic E-state index is 12.1. The first-order valence-electron chi connectivity index (χ1n) is 4.31. The summed E-state index contributed by atoms with van der Waals surface area (Å²) in [6.07, 6.45) is 0. The van der Waals surface area contributed by atoms with Gasteiger partial charge in [-0.05, 0) is 43.4 Å². The van der Waals surface area contributed by atoms with Crippen LogP contribution < -0.4 is 0 Å². The van der Waals surface area contributed by atoms with Crippen LogP contribution in [-0.4, -0.2) is 20.3 Å². The molecule has 0 spiro atoms. The Kier molecular flexibility index (Phi) is 7.03. The first kappa shape index (κ1) is 14.4. The van der Waals surface area contributed by atoms with Gasteiger partial charge in [0, 0.05) is 0 Å². The van der Waals surface area contributed by atoms with Crippen molar-refractivity contribution in [1.29, 1.82) is 0 Å². The molecule has 0 amide bonds. The molecule has 0 aliphatic rings. The molecule has 0 radical (unpaired) electrons. The summed E-state index contributed by atoms with van der Waals surface area (Å²) < 4.78 is 28.0. The van der Waals surface area contributed by atoms with Gasteiger partial charge in [0.1, 0.15) is 0 Å². The quantitative estimate of drug-likeness (QED) is 0.424. The zero-order valence-corrected chi connectivity index (χ0v) is 11.9. The fraction of sp³-hybridized carbons (Fsp3) is 0.750. The van der Waals surface area contributed by atoms with Gasteiger partial charge in [-0.3, -0.25) is 4.57 Å². The minimum Gasteiger partial charge on any atom is -0.490 e. The van der Waals surface area contributed by atoms with Crippen molar-refractivity contribution >= 4 is 30.2 Å². The van der Waals surface area contributed by atoms with E-state index in [0.29, 0.717) is 22.3 Å². The summed E-state index contributed by atoms with van der Waals surface area (Å²) in [5.41, 5.74) is 0. The lowest BCUT2D eigenvalue weighted by atomic mass is 10.7. The van der Waals surface area contributed by atoms with Crippen LogP contribution in [0.5, 0.6) is 0 Å². The average molecular weight is 334 g/mol. The highest BCUT2D eigenvalue weighted by Crippen LogP contribution is 2.57. The van der Waals surface area contributed by atoms with Crippen LogP contribution in [0.4, 0.5) is 0 Å². The molecule has 4 nitrogen and oxygen atoms in total. The summed E-state index contributed by atoms with van der Waals surface area (Å²) in [5.74, 6) is 0. The minimum atomic E-state index is -3.14. The van der Waals surface area contributed by atoms with Crippen LogP contribution in [0.2, 0.25) is 0 Å². The third-order valence-electron chi connectivity index (χ3n) is 1.47. The molecule has 6 heteroatoms. The van der Waals surface area contributed by atoms with E-state index in [1.807, 2.05) is 22.6 Å². The van der Waals surface area contributed by atoms with E-state index in [1.54, 1.807) is 20.8 Å². The molecule has 84 valence electrons. The zero-order chi connectivity index (χ0) is 11.2. The Bertz CT molecular complexity index is 242. The highest BCUT2D eigenvalue weighted by atomic mass is 127. The molecule has 14 heavy (non-hydrogen) atoms. The summed E-state index contributed by atoms with van der Waals surface area (Å²) in [4.78, 5) is 0. The van der Waals surface area contributed by atoms with Gasteiger partial charge < -0.3 is 13.8 Å². The van der Waals surface area contributed by atoms with Crippen LogP contribution in [0.3, 0.4) is 0 Å². The molecule has 0 saturated carbocycles. The maximum absolute atomic E-state index is 12.1. The van der Waals surface area contributed by atoms with Crippen molar-refractivity contribution in [2.45, 2.75) is 20.8 Å². The molecule has 0 aromatic heterocycles. The highest BCUT2D eigenvalue weighted by Gasteiger charge is 2.29. The third-order valence-corrected chi connectivity index (χ3v) is 5.37. The number of methoxy groups -OCH3 is 1. The van der Waals surface area contributed by atoms with Gasteiger partial charge in [0.25, 0.3) is 0 Å². The van der Waals surface area contributed by atoms with Gasteiger partial charge in [0.15, 0.2) is 3.77 Å². The van der Waals surface area contributed by atoms with Crippen LogP contribution in [0.1, 0.15) is 20.8 Å². The minimum absolute atomic E-state index is 0.349. The van der Waals surface area contributed by atoms with Gasteiger partial charge >= 0.3 is 7.60 Å². The Morgan fingerprint density at radius 2 is 1.71 bits per heavy atom. The maximum Gasteiger partial charge on any atom is 0.361 e. The predicted octanol–water partition coefficient (Wildman–Crippen LogP) is 3.52. The topological polar surface area (TPSA) is 44.8 Å². The number of hydrogen-bond donors (Lipinski definition) is 0. The lowest BCUT2D eigenvalue weighted by molar-refractivity contribution is 0.224. The van der Waals surface area contributed by atoms with Gasteiger partial charge in [-0.25, -0.2) is 0 Å². The molecule has 0 saturated heterocycles. The second-order valence-corrected chi connectivity index (χ2v) is 5.56. The lowest BCUT2D eigenvalue weighted by Gasteiger charge is -2.18. The van der Waals surface area contributed by atoms with Gasteiger partial charge in [0.05, 0.1) is 25.6 Å². The first-order valence-corrected chi connectivity index (χ1v) is 6.94. The Morgan fingerprint density at radius 1 is 1.29 bits per heavy atom. The Morgan fingerprint density at radius 3 is 2.00 bits per heavy atom. The molecular formula is C8H16IO4P.